The minimum atomic E-state index is -0.692. The van der Waals surface area contributed by atoms with E-state index in [9.17, 15) is 19.2 Å². The van der Waals surface area contributed by atoms with Gasteiger partial charge in [-0.25, -0.2) is 4.79 Å². The van der Waals surface area contributed by atoms with Crippen LogP contribution in [0.5, 0.6) is 17.2 Å². The molecule has 1 aliphatic rings. The maximum Gasteiger partial charge on any atom is 0.332 e. The standard InChI is InChI=1S/C26H23ClN4O7S/c1-36-19-5-3-16(27)11-17(19)29-23(33)13-31-18-7-9-39-24(18)25(34)30(26(31)35)8-6-22(32)28-12-15-2-4-20-21(10-15)38-14-37-20/h2-5,7,9-11H,6,8,12-14H2,1H3,(H,28,32)(H,29,33). The lowest BCUT2D eigenvalue weighted by atomic mass is 10.2. The van der Waals surface area contributed by atoms with Gasteiger partial charge in [0, 0.05) is 24.5 Å². The van der Waals surface area contributed by atoms with Crippen LogP contribution in [0.4, 0.5) is 5.69 Å². The molecule has 0 bridgehead atoms. The normalized spacial score (nSPS) is 11.9. The Morgan fingerprint density at radius 2 is 1.87 bits per heavy atom. The number of fused-ring (bicyclic) bond motifs is 2. The number of carbonyl (C=O) groups is 2. The highest BCUT2D eigenvalue weighted by Crippen LogP contribution is 2.32. The second-order valence-corrected chi connectivity index (χ2v) is 9.92. The van der Waals surface area contributed by atoms with Crippen LogP contribution in [0.3, 0.4) is 0 Å². The van der Waals surface area contributed by atoms with E-state index in [1.807, 2.05) is 6.07 Å². The van der Waals surface area contributed by atoms with Crippen molar-refractivity contribution in [3.8, 4) is 17.2 Å². The highest BCUT2D eigenvalue weighted by Gasteiger charge is 2.18. The van der Waals surface area contributed by atoms with E-state index in [4.69, 9.17) is 25.8 Å². The summed E-state index contributed by atoms with van der Waals surface area (Å²) in [6.07, 6.45) is -0.109. The molecule has 0 fully saturated rings. The number of halogens is 1. The van der Waals surface area contributed by atoms with Gasteiger partial charge in [-0.15, -0.1) is 11.3 Å². The zero-order chi connectivity index (χ0) is 27.5. The molecule has 0 saturated heterocycles. The fourth-order valence-corrected chi connectivity index (χ4v) is 5.16. The smallest absolute Gasteiger partial charge is 0.332 e. The first-order valence-electron chi connectivity index (χ1n) is 11.8. The number of amides is 2. The lowest BCUT2D eigenvalue weighted by Gasteiger charge is -2.14. The van der Waals surface area contributed by atoms with Crippen LogP contribution in [-0.2, 0) is 29.2 Å². The van der Waals surface area contributed by atoms with Crippen molar-refractivity contribution < 1.29 is 23.8 Å². The fraction of sp³-hybridized carbons (Fsp3) is 0.231. The number of hydrogen-bond acceptors (Lipinski definition) is 8. The maximum atomic E-state index is 13.3. The van der Waals surface area contributed by atoms with E-state index in [0.29, 0.717) is 38.2 Å². The van der Waals surface area contributed by atoms with E-state index < -0.39 is 17.2 Å². The van der Waals surface area contributed by atoms with Crippen LogP contribution in [0.25, 0.3) is 10.2 Å². The summed E-state index contributed by atoms with van der Waals surface area (Å²) >= 11 is 7.20. The second kappa shape index (κ2) is 11.2. The summed E-state index contributed by atoms with van der Waals surface area (Å²) < 4.78 is 18.4. The van der Waals surface area contributed by atoms with Crippen molar-refractivity contribution in [2.45, 2.75) is 26.1 Å². The molecule has 0 saturated carbocycles. The highest BCUT2D eigenvalue weighted by molar-refractivity contribution is 7.17. The molecular formula is C26H23ClN4O7S. The van der Waals surface area contributed by atoms with Gasteiger partial charge in [0.15, 0.2) is 11.5 Å². The van der Waals surface area contributed by atoms with Gasteiger partial charge in [0.05, 0.1) is 18.3 Å². The number of ether oxygens (including phenoxy) is 3. The topological polar surface area (TPSA) is 130 Å². The van der Waals surface area contributed by atoms with Crippen LogP contribution >= 0.6 is 22.9 Å². The lowest BCUT2D eigenvalue weighted by Crippen LogP contribution is -2.42. The van der Waals surface area contributed by atoms with Crippen molar-refractivity contribution in [1.82, 2.24) is 14.5 Å². The monoisotopic (exact) mass is 570 g/mol. The Morgan fingerprint density at radius 3 is 2.69 bits per heavy atom. The van der Waals surface area contributed by atoms with Crippen LogP contribution in [0.15, 0.2) is 57.4 Å². The minimum Gasteiger partial charge on any atom is -0.495 e. The number of thiophene rings is 1. The van der Waals surface area contributed by atoms with Crippen molar-refractivity contribution in [2.24, 2.45) is 0 Å². The van der Waals surface area contributed by atoms with Crippen molar-refractivity contribution in [2.75, 3.05) is 19.2 Å². The van der Waals surface area contributed by atoms with E-state index in [1.165, 1.54) is 17.7 Å². The lowest BCUT2D eigenvalue weighted by molar-refractivity contribution is -0.121. The highest BCUT2D eigenvalue weighted by atomic mass is 35.5. The predicted molar refractivity (Wildman–Crippen MR) is 146 cm³/mol. The van der Waals surface area contributed by atoms with Crippen molar-refractivity contribution in [3.05, 3.63) is 79.3 Å². The molecule has 11 nitrogen and oxygen atoms in total. The average molecular weight is 571 g/mol. The molecule has 0 radical (unpaired) electrons. The Labute approximate surface area is 230 Å². The van der Waals surface area contributed by atoms with Gasteiger partial charge in [-0.3, -0.25) is 23.5 Å². The molecule has 2 aromatic carbocycles. The van der Waals surface area contributed by atoms with Gasteiger partial charge in [0.1, 0.15) is 17.0 Å². The molecular weight excluding hydrogens is 548 g/mol. The Hall–Kier alpha value is -4.29. The second-order valence-electron chi connectivity index (χ2n) is 8.57. The van der Waals surface area contributed by atoms with Gasteiger partial charge in [-0.05, 0) is 47.3 Å². The fourth-order valence-electron chi connectivity index (χ4n) is 4.15. The van der Waals surface area contributed by atoms with Gasteiger partial charge in [0.2, 0.25) is 18.6 Å². The molecule has 1 aliphatic heterocycles. The largest absolute Gasteiger partial charge is 0.495 e. The molecule has 13 heteroatoms. The summed E-state index contributed by atoms with van der Waals surface area (Å²) in [6.45, 7) is -0.116. The molecule has 4 aromatic rings. The summed E-state index contributed by atoms with van der Waals surface area (Å²) in [5, 5.41) is 7.54. The number of nitrogens with zero attached hydrogens (tertiary/aromatic N) is 2. The van der Waals surface area contributed by atoms with Gasteiger partial charge in [-0.1, -0.05) is 17.7 Å². The van der Waals surface area contributed by atoms with Crippen LogP contribution in [-0.4, -0.2) is 34.9 Å². The first kappa shape index (κ1) is 26.3. The van der Waals surface area contributed by atoms with Gasteiger partial charge in [0.25, 0.3) is 5.56 Å². The zero-order valence-corrected chi connectivity index (χ0v) is 22.3. The van der Waals surface area contributed by atoms with E-state index in [0.717, 1.165) is 21.5 Å². The molecule has 3 heterocycles. The summed E-state index contributed by atoms with van der Waals surface area (Å²) in [6, 6.07) is 11.7. The Kier molecular flexibility index (Phi) is 7.57. The van der Waals surface area contributed by atoms with Crippen molar-refractivity contribution in [1.29, 1.82) is 0 Å². The molecule has 2 amide bonds. The van der Waals surface area contributed by atoms with Crippen LogP contribution < -0.4 is 36.1 Å². The summed E-state index contributed by atoms with van der Waals surface area (Å²) in [5.74, 6) is 0.790. The summed E-state index contributed by atoms with van der Waals surface area (Å²) in [5.41, 5.74) is 0.294. The third-order valence-corrected chi connectivity index (χ3v) is 7.19. The number of aromatic nitrogens is 2. The third kappa shape index (κ3) is 5.61. The molecule has 39 heavy (non-hydrogen) atoms. The van der Waals surface area contributed by atoms with E-state index in [1.54, 1.807) is 35.7 Å². The zero-order valence-electron chi connectivity index (χ0n) is 20.7. The molecule has 202 valence electrons. The number of hydrogen-bond donors (Lipinski definition) is 2. The number of benzene rings is 2. The molecule has 5 rings (SSSR count). The van der Waals surface area contributed by atoms with Crippen molar-refractivity contribution >= 4 is 50.7 Å². The average Bonchev–Trinajstić information content (AvgIpc) is 3.60. The number of nitrogens with one attached hydrogen (secondary N) is 2. The third-order valence-electron chi connectivity index (χ3n) is 6.06. The molecule has 2 aromatic heterocycles. The van der Waals surface area contributed by atoms with Gasteiger partial charge in [-0.2, -0.15) is 0 Å². The van der Waals surface area contributed by atoms with E-state index in [-0.39, 0.29) is 38.8 Å². The van der Waals surface area contributed by atoms with Crippen LogP contribution in [0.2, 0.25) is 5.02 Å². The quantitative estimate of drug-likeness (QED) is 0.316. The Balaban J connectivity index is 1.30. The predicted octanol–water partition coefficient (Wildman–Crippen LogP) is 2.96. The summed E-state index contributed by atoms with van der Waals surface area (Å²) in [7, 11) is 1.46. The first-order valence-corrected chi connectivity index (χ1v) is 13.1. The Morgan fingerprint density at radius 1 is 1.05 bits per heavy atom. The molecule has 2 N–H and O–H groups in total. The first-order chi connectivity index (χ1) is 18.8. The van der Waals surface area contributed by atoms with Gasteiger partial charge >= 0.3 is 5.69 Å². The minimum absolute atomic E-state index is 0.109. The number of rotatable bonds is 9. The number of anilines is 1. The summed E-state index contributed by atoms with van der Waals surface area (Å²) in [4.78, 5) is 51.8. The van der Waals surface area contributed by atoms with Crippen LogP contribution in [0, 0.1) is 0 Å². The SMILES string of the molecule is COc1ccc(Cl)cc1NC(=O)Cn1c(=O)n(CCC(=O)NCc2ccc3c(c2)OCO3)c(=O)c2sccc21. The number of carbonyl (C=O) groups excluding carboxylic acids is 2. The molecule has 0 unspecified atom stereocenters. The van der Waals surface area contributed by atoms with Crippen molar-refractivity contribution in [3.63, 3.8) is 0 Å². The van der Waals surface area contributed by atoms with Crippen LogP contribution in [0.1, 0.15) is 12.0 Å². The maximum absolute atomic E-state index is 13.3. The Bertz CT molecular complexity index is 1690. The van der Waals surface area contributed by atoms with E-state index >= 15 is 0 Å². The molecule has 0 atom stereocenters. The van der Waals surface area contributed by atoms with Gasteiger partial charge < -0.3 is 24.8 Å². The number of methoxy groups -OCH3 is 1. The molecule has 0 spiro atoms. The van der Waals surface area contributed by atoms with E-state index in [2.05, 4.69) is 10.6 Å². The molecule has 0 aliphatic carbocycles.